The summed E-state index contributed by atoms with van der Waals surface area (Å²) in [5.41, 5.74) is 0. The summed E-state index contributed by atoms with van der Waals surface area (Å²) >= 11 is 0. The van der Waals surface area contributed by atoms with Crippen LogP contribution in [0.4, 0.5) is 8.78 Å². The average molecular weight is 416 g/mol. The Balaban J connectivity index is 1.65. The zero-order valence-electron chi connectivity index (χ0n) is 16.1. The number of amides is 1. The van der Waals surface area contributed by atoms with Crippen molar-refractivity contribution in [3.05, 3.63) is 29.8 Å². The molecule has 0 aliphatic carbocycles. The average Bonchev–Trinajstić information content (AvgIpc) is 2.68. The molecule has 1 amide bonds. The summed E-state index contributed by atoms with van der Waals surface area (Å²) in [4.78, 5) is 16.4. The van der Waals surface area contributed by atoms with E-state index >= 15 is 0 Å². The second-order valence-corrected chi connectivity index (χ2v) is 9.26. The molecule has 0 radical (unpaired) electrons. The van der Waals surface area contributed by atoms with E-state index in [-0.39, 0.29) is 38.1 Å². The molecule has 2 heterocycles. The van der Waals surface area contributed by atoms with Crippen molar-refractivity contribution in [1.82, 2.24) is 14.1 Å². The van der Waals surface area contributed by atoms with Crippen LogP contribution in [0.15, 0.2) is 23.1 Å². The number of piperidine rings is 1. The number of benzene rings is 1. The number of carbonyl (C=O) groups excluding carboxylic acids is 1. The lowest BCUT2D eigenvalue weighted by Crippen LogP contribution is -2.56. The first-order chi connectivity index (χ1) is 13.3. The van der Waals surface area contributed by atoms with Gasteiger partial charge in [-0.15, -0.1) is 0 Å². The molecule has 2 aliphatic heterocycles. The Kier molecular flexibility index (Phi) is 6.67. The molecule has 0 saturated carbocycles. The van der Waals surface area contributed by atoms with Crippen molar-refractivity contribution in [1.29, 1.82) is 0 Å². The number of piperazine rings is 1. The Morgan fingerprint density at radius 2 is 1.82 bits per heavy atom. The quantitative estimate of drug-likeness (QED) is 0.739. The second-order valence-electron chi connectivity index (χ2n) is 7.35. The fourth-order valence-corrected chi connectivity index (χ4v) is 5.48. The van der Waals surface area contributed by atoms with Gasteiger partial charge in [0.25, 0.3) is 0 Å². The zero-order valence-corrected chi connectivity index (χ0v) is 16.9. The van der Waals surface area contributed by atoms with Gasteiger partial charge in [0, 0.05) is 32.2 Å². The van der Waals surface area contributed by atoms with E-state index < -0.39 is 26.6 Å². The Bertz CT molecular complexity index is 809. The minimum Gasteiger partial charge on any atom is -0.339 e. The maximum atomic E-state index is 13.9. The third kappa shape index (κ3) is 4.36. The number of hydrogen-bond acceptors (Lipinski definition) is 4. The van der Waals surface area contributed by atoms with Gasteiger partial charge in [0.05, 0.1) is 6.04 Å². The minimum atomic E-state index is -4.06. The smallest absolute Gasteiger partial charge is 0.246 e. The number of carbonyl (C=O) groups is 1. The molecule has 0 bridgehead atoms. The normalized spacial score (nSPS) is 22.4. The predicted octanol–water partition coefficient (Wildman–Crippen LogP) is 2.06. The lowest BCUT2D eigenvalue weighted by Gasteiger charge is -2.40. The highest BCUT2D eigenvalue weighted by Gasteiger charge is 2.36. The SMILES string of the molecule is CCCN1CCCCC1C(=O)N1CCN(S(=O)(=O)c2ccc(F)cc2F)CC1. The second kappa shape index (κ2) is 8.84. The van der Waals surface area contributed by atoms with Crippen LogP contribution in [0.5, 0.6) is 0 Å². The van der Waals surface area contributed by atoms with Crippen LogP contribution < -0.4 is 0 Å². The first kappa shape index (κ1) is 21.1. The van der Waals surface area contributed by atoms with Gasteiger partial charge in [0.15, 0.2) is 0 Å². The molecule has 1 atom stereocenters. The number of nitrogens with zero attached hydrogens (tertiary/aromatic N) is 3. The lowest BCUT2D eigenvalue weighted by molar-refractivity contribution is -0.139. The van der Waals surface area contributed by atoms with E-state index in [1.165, 1.54) is 0 Å². The van der Waals surface area contributed by atoms with E-state index in [9.17, 15) is 22.0 Å². The van der Waals surface area contributed by atoms with Crippen molar-refractivity contribution in [2.24, 2.45) is 0 Å². The largest absolute Gasteiger partial charge is 0.339 e. The van der Waals surface area contributed by atoms with Crippen molar-refractivity contribution in [2.75, 3.05) is 39.3 Å². The van der Waals surface area contributed by atoms with Crippen molar-refractivity contribution in [3.63, 3.8) is 0 Å². The van der Waals surface area contributed by atoms with Crippen molar-refractivity contribution < 1.29 is 22.0 Å². The standard InChI is InChI=1S/C19H27F2N3O3S/c1-2-8-22-9-4-3-5-17(22)19(25)23-10-12-24(13-11-23)28(26,27)18-7-6-15(20)14-16(18)21/h6-7,14,17H,2-5,8-13H2,1H3. The number of halogens is 2. The highest BCUT2D eigenvalue weighted by atomic mass is 32.2. The molecule has 156 valence electrons. The fraction of sp³-hybridized carbons (Fsp3) is 0.632. The molecule has 28 heavy (non-hydrogen) atoms. The summed E-state index contributed by atoms with van der Waals surface area (Å²) in [6, 6.07) is 2.31. The van der Waals surface area contributed by atoms with Crippen LogP contribution in [0.2, 0.25) is 0 Å². The van der Waals surface area contributed by atoms with Gasteiger partial charge in [0.1, 0.15) is 16.5 Å². The molecule has 2 aliphatic rings. The molecule has 0 spiro atoms. The van der Waals surface area contributed by atoms with Crippen molar-refractivity contribution in [3.8, 4) is 0 Å². The van der Waals surface area contributed by atoms with Gasteiger partial charge in [-0.05, 0) is 44.5 Å². The van der Waals surface area contributed by atoms with Crippen LogP contribution >= 0.6 is 0 Å². The number of hydrogen-bond donors (Lipinski definition) is 0. The van der Waals surface area contributed by atoms with Gasteiger partial charge < -0.3 is 4.90 Å². The molecular weight excluding hydrogens is 388 g/mol. The third-order valence-electron chi connectivity index (χ3n) is 5.47. The van der Waals surface area contributed by atoms with Crippen LogP contribution in [0.3, 0.4) is 0 Å². The number of sulfonamides is 1. The predicted molar refractivity (Wildman–Crippen MR) is 101 cm³/mol. The van der Waals surface area contributed by atoms with Crippen LogP contribution in [0.25, 0.3) is 0 Å². The Morgan fingerprint density at radius 3 is 2.46 bits per heavy atom. The van der Waals surface area contributed by atoms with Crippen LogP contribution in [-0.4, -0.2) is 73.7 Å². The van der Waals surface area contributed by atoms with Crippen molar-refractivity contribution >= 4 is 15.9 Å². The number of rotatable bonds is 5. The molecule has 2 saturated heterocycles. The molecule has 0 aromatic heterocycles. The van der Waals surface area contributed by atoms with E-state index in [0.717, 1.165) is 55.2 Å². The topological polar surface area (TPSA) is 60.9 Å². The van der Waals surface area contributed by atoms with E-state index in [1.54, 1.807) is 4.90 Å². The van der Waals surface area contributed by atoms with E-state index in [1.807, 2.05) is 0 Å². The maximum absolute atomic E-state index is 13.9. The first-order valence-electron chi connectivity index (χ1n) is 9.82. The summed E-state index contributed by atoms with van der Waals surface area (Å²) in [6.07, 6.45) is 3.94. The maximum Gasteiger partial charge on any atom is 0.246 e. The van der Waals surface area contributed by atoms with Crippen LogP contribution in [0.1, 0.15) is 32.6 Å². The summed E-state index contributed by atoms with van der Waals surface area (Å²) in [6.45, 7) is 4.65. The summed E-state index contributed by atoms with van der Waals surface area (Å²) in [7, 11) is -4.06. The van der Waals surface area contributed by atoms with Crippen molar-refractivity contribution in [2.45, 2.75) is 43.5 Å². The van der Waals surface area contributed by atoms with Crippen LogP contribution in [-0.2, 0) is 14.8 Å². The van der Waals surface area contributed by atoms with E-state index in [4.69, 9.17) is 0 Å². The molecular formula is C19H27F2N3O3S. The molecule has 6 nitrogen and oxygen atoms in total. The summed E-state index contributed by atoms with van der Waals surface area (Å²) in [5, 5.41) is 0. The molecule has 9 heteroatoms. The van der Waals surface area contributed by atoms with E-state index in [2.05, 4.69) is 11.8 Å². The molecule has 0 N–H and O–H groups in total. The summed E-state index contributed by atoms with van der Waals surface area (Å²) in [5.74, 6) is -1.87. The minimum absolute atomic E-state index is 0.0539. The summed E-state index contributed by atoms with van der Waals surface area (Å²) < 4.78 is 53.6. The zero-order chi connectivity index (χ0) is 20.3. The fourth-order valence-electron chi connectivity index (χ4n) is 4.01. The van der Waals surface area contributed by atoms with Gasteiger partial charge in [0.2, 0.25) is 15.9 Å². The molecule has 1 aromatic rings. The Morgan fingerprint density at radius 1 is 1.11 bits per heavy atom. The van der Waals surface area contributed by atoms with E-state index in [0.29, 0.717) is 6.07 Å². The molecule has 2 fully saturated rings. The van der Waals surface area contributed by atoms with Gasteiger partial charge in [-0.3, -0.25) is 9.69 Å². The first-order valence-corrected chi connectivity index (χ1v) is 11.3. The Labute approximate surface area is 165 Å². The van der Waals surface area contributed by atoms with Gasteiger partial charge in [-0.25, -0.2) is 17.2 Å². The highest BCUT2D eigenvalue weighted by molar-refractivity contribution is 7.89. The van der Waals surface area contributed by atoms with Gasteiger partial charge >= 0.3 is 0 Å². The molecule has 3 rings (SSSR count). The monoisotopic (exact) mass is 415 g/mol. The molecule has 1 aromatic carbocycles. The van der Waals surface area contributed by atoms with Gasteiger partial charge in [-0.2, -0.15) is 4.31 Å². The lowest BCUT2D eigenvalue weighted by atomic mass is 10.0. The third-order valence-corrected chi connectivity index (χ3v) is 7.40. The van der Waals surface area contributed by atoms with Gasteiger partial charge in [-0.1, -0.05) is 13.3 Å². The van der Waals surface area contributed by atoms with Crippen LogP contribution in [0, 0.1) is 11.6 Å². The number of likely N-dealkylation sites (tertiary alicyclic amines) is 1. The Hall–Kier alpha value is -1.58. The highest BCUT2D eigenvalue weighted by Crippen LogP contribution is 2.23. The molecule has 1 unspecified atom stereocenters.